The zero-order chi connectivity index (χ0) is 12.8. The van der Waals surface area contributed by atoms with Gasteiger partial charge in [0.15, 0.2) is 0 Å². The van der Waals surface area contributed by atoms with Gasteiger partial charge < -0.3 is 9.15 Å². The van der Waals surface area contributed by atoms with Gasteiger partial charge in [-0.15, -0.1) is 0 Å². The Kier molecular flexibility index (Phi) is 4.80. The average molecular weight is 248 g/mol. The quantitative estimate of drug-likeness (QED) is 0.726. The lowest BCUT2D eigenvalue weighted by atomic mass is 10.1. The molecule has 0 unspecified atom stereocenters. The number of methoxy groups -OCH3 is 1. The molecule has 4 nitrogen and oxygen atoms in total. The van der Waals surface area contributed by atoms with Crippen molar-refractivity contribution in [3.8, 4) is 6.07 Å². The van der Waals surface area contributed by atoms with E-state index in [1.54, 1.807) is 7.11 Å². The molecule has 2 rings (SSSR count). The third-order valence-electron chi connectivity index (χ3n) is 3.40. The van der Waals surface area contributed by atoms with Crippen molar-refractivity contribution in [3.63, 3.8) is 0 Å². The smallest absolute Gasteiger partial charge is 0.129 e. The van der Waals surface area contributed by atoms with Gasteiger partial charge in [-0.3, -0.25) is 4.90 Å². The highest BCUT2D eigenvalue weighted by molar-refractivity contribution is 5.11. The van der Waals surface area contributed by atoms with Gasteiger partial charge in [-0.25, -0.2) is 0 Å². The molecule has 1 atom stereocenters. The Hall–Kier alpha value is -1.31. The zero-order valence-corrected chi connectivity index (χ0v) is 10.9. The van der Waals surface area contributed by atoms with Crippen LogP contribution in [0.3, 0.4) is 0 Å². The summed E-state index contributed by atoms with van der Waals surface area (Å²) in [4.78, 5) is 2.42. The number of unbranched alkanes of at least 4 members (excludes halogenated alkanes) is 1. The number of rotatable bonds is 6. The molecule has 1 aromatic rings. The largest absolute Gasteiger partial charge is 0.462 e. The van der Waals surface area contributed by atoms with Crippen molar-refractivity contribution in [2.45, 2.75) is 38.3 Å². The predicted octanol–water partition coefficient (Wildman–Crippen LogP) is 2.87. The van der Waals surface area contributed by atoms with Crippen molar-refractivity contribution in [1.29, 1.82) is 5.26 Å². The van der Waals surface area contributed by atoms with Crippen LogP contribution >= 0.6 is 0 Å². The topological polar surface area (TPSA) is 49.4 Å². The highest BCUT2D eigenvalue weighted by Gasteiger charge is 2.27. The molecule has 4 heteroatoms. The molecule has 0 aliphatic carbocycles. The van der Waals surface area contributed by atoms with Crippen molar-refractivity contribution in [1.82, 2.24) is 4.90 Å². The summed E-state index contributed by atoms with van der Waals surface area (Å²) in [5, 5.41) is 8.58. The van der Waals surface area contributed by atoms with Gasteiger partial charge in [-0.2, -0.15) is 5.26 Å². The van der Waals surface area contributed by atoms with Crippen LogP contribution < -0.4 is 0 Å². The first-order chi connectivity index (χ1) is 8.85. The molecule has 1 fully saturated rings. The highest BCUT2D eigenvalue weighted by atomic mass is 16.5. The standard InChI is InChI=1S/C14H20N2O2/c1-17-11-12-6-7-14(18-12)13-5-4-10-16(13)9-3-2-8-15/h6-7,13H,2-5,9-11H2,1H3/t13-/m0/s1. The van der Waals surface area contributed by atoms with Gasteiger partial charge >= 0.3 is 0 Å². The van der Waals surface area contributed by atoms with Gasteiger partial charge in [0, 0.05) is 13.5 Å². The van der Waals surface area contributed by atoms with Crippen LogP contribution in [0.4, 0.5) is 0 Å². The van der Waals surface area contributed by atoms with E-state index in [0.717, 1.165) is 37.5 Å². The molecular weight excluding hydrogens is 228 g/mol. The minimum absolute atomic E-state index is 0.384. The SMILES string of the molecule is COCc1ccc([C@@H]2CCCN2CCCC#N)o1. The number of hydrogen-bond acceptors (Lipinski definition) is 4. The van der Waals surface area contributed by atoms with Gasteiger partial charge in [-0.05, 0) is 44.5 Å². The molecule has 0 spiro atoms. The summed E-state index contributed by atoms with van der Waals surface area (Å²) < 4.78 is 10.9. The van der Waals surface area contributed by atoms with Crippen LogP contribution in [-0.2, 0) is 11.3 Å². The number of furan rings is 1. The first-order valence-electron chi connectivity index (χ1n) is 6.53. The number of hydrogen-bond donors (Lipinski definition) is 0. The Balaban J connectivity index is 1.95. The molecule has 0 radical (unpaired) electrons. The third-order valence-corrected chi connectivity index (χ3v) is 3.40. The van der Waals surface area contributed by atoms with E-state index in [-0.39, 0.29) is 0 Å². The molecule has 0 N–H and O–H groups in total. The van der Waals surface area contributed by atoms with E-state index in [1.807, 2.05) is 6.07 Å². The van der Waals surface area contributed by atoms with Gasteiger partial charge in [0.2, 0.25) is 0 Å². The minimum atomic E-state index is 0.384. The molecule has 98 valence electrons. The van der Waals surface area contributed by atoms with E-state index in [2.05, 4.69) is 17.0 Å². The van der Waals surface area contributed by atoms with Crippen LogP contribution in [-0.4, -0.2) is 25.1 Å². The maximum Gasteiger partial charge on any atom is 0.129 e. The van der Waals surface area contributed by atoms with Crippen LogP contribution in [0.2, 0.25) is 0 Å². The minimum Gasteiger partial charge on any atom is -0.462 e. The zero-order valence-electron chi connectivity index (χ0n) is 10.9. The molecule has 0 bridgehead atoms. The van der Waals surface area contributed by atoms with E-state index < -0.39 is 0 Å². The van der Waals surface area contributed by atoms with Crippen molar-refractivity contribution in [3.05, 3.63) is 23.7 Å². The molecular formula is C14H20N2O2. The Morgan fingerprint density at radius 1 is 1.56 bits per heavy atom. The lowest BCUT2D eigenvalue weighted by Crippen LogP contribution is -2.24. The van der Waals surface area contributed by atoms with Crippen LogP contribution in [0.5, 0.6) is 0 Å². The Labute approximate surface area is 108 Å². The molecule has 18 heavy (non-hydrogen) atoms. The van der Waals surface area contributed by atoms with E-state index in [0.29, 0.717) is 19.1 Å². The fraction of sp³-hybridized carbons (Fsp3) is 0.643. The predicted molar refractivity (Wildman–Crippen MR) is 67.8 cm³/mol. The van der Waals surface area contributed by atoms with Crippen molar-refractivity contribution in [2.24, 2.45) is 0 Å². The number of ether oxygens (including phenoxy) is 1. The second-order valence-corrected chi connectivity index (χ2v) is 4.69. The van der Waals surface area contributed by atoms with E-state index in [1.165, 1.54) is 6.42 Å². The van der Waals surface area contributed by atoms with E-state index in [9.17, 15) is 0 Å². The lowest BCUT2D eigenvalue weighted by molar-refractivity contribution is 0.156. The van der Waals surface area contributed by atoms with Crippen LogP contribution in [0.15, 0.2) is 16.5 Å². The van der Waals surface area contributed by atoms with Gasteiger partial charge in [0.05, 0.1) is 12.1 Å². The first-order valence-corrected chi connectivity index (χ1v) is 6.53. The molecule has 0 saturated carbocycles. The fourth-order valence-corrected chi connectivity index (χ4v) is 2.57. The number of likely N-dealkylation sites (tertiary alicyclic amines) is 1. The molecule has 0 amide bonds. The van der Waals surface area contributed by atoms with Crippen molar-refractivity contribution in [2.75, 3.05) is 20.2 Å². The maximum atomic E-state index is 8.58. The fourth-order valence-electron chi connectivity index (χ4n) is 2.57. The van der Waals surface area contributed by atoms with Crippen LogP contribution in [0.25, 0.3) is 0 Å². The summed E-state index contributed by atoms with van der Waals surface area (Å²) in [6, 6.07) is 6.63. The van der Waals surface area contributed by atoms with Gasteiger partial charge in [0.25, 0.3) is 0 Å². The Bertz CT molecular complexity index is 408. The molecule has 1 aromatic heterocycles. The van der Waals surface area contributed by atoms with Gasteiger partial charge in [0.1, 0.15) is 18.1 Å². The molecule has 1 aliphatic rings. The van der Waals surface area contributed by atoms with Crippen LogP contribution in [0.1, 0.15) is 43.2 Å². The average Bonchev–Trinajstić information content (AvgIpc) is 2.98. The molecule has 0 aromatic carbocycles. The summed E-state index contributed by atoms with van der Waals surface area (Å²) >= 11 is 0. The Morgan fingerprint density at radius 3 is 3.22 bits per heavy atom. The van der Waals surface area contributed by atoms with Crippen molar-refractivity contribution < 1.29 is 9.15 Å². The van der Waals surface area contributed by atoms with Crippen LogP contribution in [0, 0.1) is 11.3 Å². The van der Waals surface area contributed by atoms with Crippen molar-refractivity contribution >= 4 is 0 Å². The maximum absolute atomic E-state index is 8.58. The summed E-state index contributed by atoms with van der Waals surface area (Å²) in [5.74, 6) is 1.92. The molecule has 1 aliphatic heterocycles. The second-order valence-electron chi connectivity index (χ2n) is 4.69. The summed E-state index contributed by atoms with van der Waals surface area (Å²) in [6.45, 7) is 2.62. The Morgan fingerprint density at radius 2 is 2.44 bits per heavy atom. The van der Waals surface area contributed by atoms with E-state index in [4.69, 9.17) is 14.4 Å². The first kappa shape index (κ1) is 13.1. The van der Waals surface area contributed by atoms with E-state index >= 15 is 0 Å². The summed E-state index contributed by atoms with van der Waals surface area (Å²) in [6.07, 6.45) is 3.93. The van der Waals surface area contributed by atoms with Gasteiger partial charge in [-0.1, -0.05) is 0 Å². The second kappa shape index (κ2) is 6.58. The lowest BCUT2D eigenvalue weighted by Gasteiger charge is -2.22. The number of nitrogens with zero attached hydrogens (tertiary/aromatic N) is 2. The third kappa shape index (κ3) is 3.12. The monoisotopic (exact) mass is 248 g/mol. The highest BCUT2D eigenvalue weighted by Crippen LogP contribution is 2.33. The number of nitriles is 1. The summed E-state index contributed by atoms with van der Waals surface area (Å²) in [5.41, 5.74) is 0. The molecule has 1 saturated heterocycles. The summed E-state index contributed by atoms with van der Waals surface area (Å²) in [7, 11) is 1.67. The molecule has 2 heterocycles. The normalized spacial score (nSPS) is 20.1.